The van der Waals surface area contributed by atoms with Gasteiger partial charge in [-0.25, -0.2) is 0 Å². The lowest BCUT2D eigenvalue weighted by Gasteiger charge is -2.08. The number of hydrogen-bond acceptors (Lipinski definition) is 6. The Balaban J connectivity index is 1.95. The molecule has 132 valence electrons. The van der Waals surface area contributed by atoms with E-state index >= 15 is 0 Å². The Hall–Kier alpha value is -2.45. The number of ketones is 1. The summed E-state index contributed by atoms with van der Waals surface area (Å²) in [6.07, 6.45) is 1.74. The highest BCUT2D eigenvalue weighted by atomic mass is 32.2. The fourth-order valence-electron chi connectivity index (χ4n) is 2.09. The van der Waals surface area contributed by atoms with Crippen LogP contribution in [0.15, 0.2) is 42.1 Å². The zero-order valence-electron chi connectivity index (χ0n) is 14.2. The Morgan fingerprint density at radius 1 is 1.32 bits per heavy atom. The van der Waals surface area contributed by atoms with Crippen LogP contribution >= 0.6 is 11.8 Å². The third-order valence-electron chi connectivity index (χ3n) is 3.29. The minimum absolute atomic E-state index is 0.0122. The van der Waals surface area contributed by atoms with E-state index in [0.717, 1.165) is 0 Å². The minimum Gasteiger partial charge on any atom is -0.377 e. The Morgan fingerprint density at radius 2 is 2.04 bits per heavy atom. The largest absolute Gasteiger partial charge is 0.377 e. The van der Waals surface area contributed by atoms with Gasteiger partial charge in [0, 0.05) is 24.9 Å². The molecule has 2 rings (SSSR count). The van der Waals surface area contributed by atoms with E-state index in [1.807, 2.05) is 4.57 Å². The molecule has 1 amide bonds. The molecular weight excluding hydrogens is 340 g/mol. The molecule has 0 radical (unpaired) electrons. The molecule has 0 saturated carbocycles. The van der Waals surface area contributed by atoms with Crippen LogP contribution in [0.4, 0.5) is 5.69 Å². The van der Waals surface area contributed by atoms with Crippen molar-refractivity contribution in [3.63, 3.8) is 0 Å². The van der Waals surface area contributed by atoms with Crippen LogP contribution in [0.1, 0.15) is 23.1 Å². The number of carbonyl (C=O) groups excluding carboxylic acids is 2. The lowest BCUT2D eigenvalue weighted by molar-refractivity contribution is -0.113. The molecule has 0 saturated heterocycles. The molecule has 0 aliphatic rings. The van der Waals surface area contributed by atoms with Gasteiger partial charge in [-0.05, 0) is 31.2 Å². The standard InChI is InChI=1S/C17H20N4O3S/c1-4-9-21-15(10-24-3)19-20-17(21)25-11-16(23)18-14-7-5-13(6-8-14)12(2)22/h4-8H,1,9-11H2,2-3H3,(H,18,23). The second-order valence-electron chi connectivity index (χ2n) is 5.20. The maximum absolute atomic E-state index is 12.1. The van der Waals surface area contributed by atoms with Crippen molar-refractivity contribution >= 4 is 29.1 Å². The first-order chi connectivity index (χ1) is 12.0. The molecule has 8 heteroatoms. The summed E-state index contributed by atoms with van der Waals surface area (Å²) in [5.41, 5.74) is 1.25. The van der Waals surface area contributed by atoms with E-state index in [2.05, 4.69) is 22.1 Å². The molecular formula is C17H20N4O3S. The molecule has 2 aromatic rings. The van der Waals surface area contributed by atoms with Crippen LogP contribution in [0.25, 0.3) is 0 Å². The molecule has 0 aliphatic carbocycles. The number of amides is 1. The van der Waals surface area contributed by atoms with Crippen LogP contribution < -0.4 is 5.32 Å². The number of nitrogens with one attached hydrogen (secondary N) is 1. The number of Topliss-reactive ketones (excluding diaryl/α,β-unsaturated/α-hetero) is 1. The molecule has 25 heavy (non-hydrogen) atoms. The average Bonchev–Trinajstić information content (AvgIpc) is 2.96. The van der Waals surface area contributed by atoms with Crippen molar-refractivity contribution < 1.29 is 14.3 Å². The first-order valence-corrected chi connectivity index (χ1v) is 8.59. The number of hydrogen-bond donors (Lipinski definition) is 1. The minimum atomic E-state index is -0.165. The maximum Gasteiger partial charge on any atom is 0.234 e. The van der Waals surface area contributed by atoms with Crippen LogP contribution in [-0.2, 0) is 22.7 Å². The molecule has 0 spiro atoms. The molecule has 7 nitrogen and oxygen atoms in total. The molecule has 1 N–H and O–H groups in total. The van der Waals surface area contributed by atoms with Crippen LogP contribution in [0.3, 0.4) is 0 Å². The van der Waals surface area contributed by atoms with Gasteiger partial charge in [0.25, 0.3) is 0 Å². The highest BCUT2D eigenvalue weighted by molar-refractivity contribution is 7.99. The van der Waals surface area contributed by atoms with E-state index in [1.165, 1.54) is 18.7 Å². The van der Waals surface area contributed by atoms with E-state index in [-0.39, 0.29) is 17.4 Å². The van der Waals surface area contributed by atoms with E-state index in [1.54, 1.807) is 37.5 Å². The highest BCUT2D eigenvalue weighted by Gasteiger charge is 2.13. The number of nitrogens with zero attached hydrogens (tertiary/aromatic N) is 3. The number of thioether (sulfide) groups is 1. The fraction of sp³-hybridized carbons (Fsp3) is 0.294. The van der Waals surface area contributed by atoms with Crippen molar-refractivity contribution in [2.24, 2.45) is 0 Å². The van der Waals surface area contributed by atoms with Crippen LogP contribution in [0, 0.1) is 0 Å². The van der Waals surface area contributed by atoms with Gasteiger partial charge in [0.05, 0.1) is 5.75 Å². The number of ether oxygens (including phenoxy) is 1. The molecule has 0 aliphatic heterocycles. The van der Waals surface area contributed by atoms with Crippen molar-refractivity contribution in [1.29, 1.82) is 0 Å². The summed E-state index contributed by atoms with van der Waals surface area (Å²) in [5.74, 6) is 0.700. The van der Waals surface area contributed by atoms with Gasteiger partial charge >= 0.3 is 0 Å². The predicted octanol–water partition coefficient (Wildman–Crippen LogP) is 2.54. The molecule has 0 fully saturated rings. The quantitative estimate of drug-likeness (QED) is 0.420. The molecule has 1 heterocycles. The first kappa shape index (κ1) is 18.9. The van der Waals surface area contributed by atoms with Gasteiger partial charge in [0.15, 0.2) is 16.8 Å². The summed E-state index contributed by atoms with van der Waals surface area (Å²) < 4.78 is 6.95. The lowest BCUT2D eigenvalue weighted by Crippen LogP contribution is -2.15. The van der Waals surface area contributed by atoms with Crippen molar-refractivity contribution in [3.8, 4) is 0 Å². The van der Waals surface area contributed by atoms with E-state index in [9.17, 15) is 9.59 Å². The van der Waals surface area contributed by atoms with Gasteiger partial charge in [-0.15, -0.1) is 16.8 Å². The Bertz CT molecular complexity index is 756. The van der Waals surface area contributed by atoms with Gasteiger partial charge in [-0.2, -0.15) is 0 Å². The van der Waals surface area contributed by atoms with Gasteiger partial charge < -0.3 is 14.6 Å². The van der Waals surface area contributed by atoms with Gasteiger partial charge in [-0.1, -0.05) is 17.8 Å². The second-order valence-corrected chi connectivity index (χ2v) is 6.14. The normalized spacial score (nSPS) is 10.5. The average molecular weight is 360 g/mol. The number of methoxy groups -OCH3 is 1. The summed E-state index contributed by atoms with van der Waals surface area (Å²) in [6.45, 7) is 6.11. The van der Waals surface area contributed by atoms with E-state index < -0.39 is 0 Å². The highest BCUT2D eigenvalue weighted by Crippen LogP contribution is 2.18. The smallest absolute Gasteiger partial charge is 0.234 e. The van der Waals surface area contributed by atoms with Crippen molar-refractivity contribution in [2.45, 2.75) is 25.2 Å². The molecule has 1 aromatic carbocycles. The number of aromatic nitrogens is 3. The van der Waals surface area contributed by atoms with Crippen LogP contribution in [-0.4, -0.2) is 39.3 Å². The Morgan fingerprint density at radius 3 is 2.64 bits per heavy atom. The fourth-order valence-corrected chi connectivity index (χ4v) is 2.86. The number of carbonyl (C=O) groups is 2. The Kier molecular flexibility index (Phi) is 6.91. The van der Waals surface area contributed by atoms with Crippen LogP contribution in [0.5, 0.6) is 0 Å². The second kappa shape index (κ2) is 9.14. The molecule has 0 unspecified atom stereocenters. The van der Waals surface area contributed by atoms with Gasteiger partial charge in [0.1, 0.15) is 6.61 Å². The number of anilines is 1. The van der Waals surface area contributed by atoms with Crippen molar-refractivity contribution in [1.82, 2.24) is 14.8 Å². The van der Waals surface area contributed by atoms with E-state index in [4.69, 9.17) is 4.74 Å². The van der Waals surface area contributed by atoms with Crippen LogP contribution in [0.2, 0.25) is 0 Å². The predicted molar refractivity (Wildman–Crippen MR) is 96.7 cm³/mol. The van der Waals surface area contributed by atoms with Crippen molar-refractivity contribution in [3.05, 3.63) is 48.3 Å². The Labute approximate surface area is 150 Å². The monoisotopic (exact) mass is 360 g/mol. The summed E-state index contributed by atoms with van der Waals surface area (Å²) >= 11 is 1.29. The first-order valence-electron chi connectivity index (χ1n) is 7.60. The summed E-state index contributed by atoms with van der Waals surface area (Å²) in [7, 11) is 1.59. The lowest BCUT2D eigenvalue weighted by atomic mass is 10.1. The molecule has 0 bridgehead atoms. The number of rotatable bonds is 9. The SMILES string of the molecule is C=CCn1c(COC)nnc1SCC(=O)Nc1ccc(C(C)=O)cc1. The molecule has 1 aromatic heterocycles. The third-order valence-corrected chi connectivity index (χ3v) is 4.25. The third kappa shape index (κ3) is 5.27. The van der Waals surface area contributed by atoms with Crippen molar-refractivity contribution in [2.75, 3.05) is 18.2 Å². The number of allylic oxidation sites excluding steroid dienone is 1. The summed E-state index contributed by atoms with van der Waals surface area (Å²) in [4.78, 5) is 23.4. The zero-order chi connectivity index (χ0) is 18.2. The molecule has 0 atom stereocenters. The van der Waals surface area contributed by atoms with Gasteiger partial charge in [0.2, 0.25) is 5.91 Å². The zero-order valence-corrected chi connectivity index (χ0v) is 15.0. The maximum atomic E-state index is 12.1. The summed E-state index contributed by atoms with van der Waals surface area (Å²) in [6, 6.07) is 6.78. The topological polar surface area (TPSA) is 86.1 Å². The summed E-state index contributed by atoms with van der Waals surface area (Å²) in [5, 5.41) is 11.6. The van der Waals surface area contributed by atoms with Gasteiger partial charge in [-0.3, -0.25) is 9.59 Å². The number of benzene rings is 1. The van der Waals surface area contributed by atoms with E-state index in [0.29, 0.717) is 35.4 Å².